The molecule has 3 heteroatoms. The van der Waals surface area contributed by atoms with Crippen LogP contribution in [-0.4, -0.2) is 23.3 Å². The lowest BCUT2D eigenvalue weighted by Gasteiger charge is -2.14. The van der Waals surface area contributed by atoms with Crippen molar-refractivity contribution in [3.63, 3.8) is 0 Å². The Balaban J connectivity index is 2.53. The second kappa shape index (κ2) is 5.83. The highest BCUT2D eigenvalue weighted by Crippen LogP contribution is 2.13. The van der Waals surface area contributed by atoms with Crippen molar-refractivity contribution < 1.29 is 5.11 Å². The maximum atomic E-state index is 8.70. The van der Waals surface area contributed by atoms with Crippen LogP contribution in [0.4, 0.5) is 0 Å². The Morgan fingerprint density at radius 2 is 2.29 bits per heavy atom. The molecule has 1 atom stereocenters. The van der Waals surface area contributed by atoms with Gasteiger partial charge in [0.2, 0.25) is 0 Å². The summed E-state index contributed by atoms with van der Waals surface area (Å²) in [6.45, 7) is 3.44. The fourth-order valence-electron chi connectivity index (χ4n) is 1.57. The van der Waals surface area contributed by atoms with Crippen LogP contribution in [0, 0.1) is 0 Å². The van der Waals surface area contributed by atoms with Crippen LogP contribution in [0.3, 0.4) is 0 Å². The molecule has 0 saturated heterocycles. The van der Waals surface area contributed by atoms with E-state index in [1.54, 1.807) is 0 Å². The number of hydrogen-bond acceptors (Lipinski definition) is 2. The lowest BCUT2D eigenvalue weighted by Crippen LogP contribution is -2.16. The van der Waals surface area contributed by atoms with Gasteiger partial charge in [0.05, 0.1) is 0 Å². The zero-order valence-electron chi connectivity index (χ0n) is 9.03. The molecule has 0 bridgehead atoms. The van der Waals surface area contributed by atoms with Gasteiger partial charge >= 0.3 is 0 Å². The SMILES string of the molecule is CNC(C)c1cccn1CCCCO. The first-order chi connectivity index (χ1) is 6.79. The summed E-state index contributed by atoms with van der Waals surface area (Å²) in [4.78, 5) is 0. The number of aliphatic hydroxyl groups excluding tert-OH is 1. The normalized spacial score (nSPS) is 13.1. The minimum absolute atomic E-state index is 0.290. The first-order valence-electron chi connectivity index (χ1n) is 5.22. The van der Waals surface area contributed by atoms with Gasteiger partial charge in [0.1, 0.15) is 0 Å². The summed E-state index contributed by atoms with van der Waals surface area (Å²) in [6, 6.07) is 4.60. The Kier molecular flexibility index (Phi) is 4.70. The van der Waals surface area contributed by atoms with E-state index in [0.717, 1.165) is 19.4 Å². The molecule has 0 aliphatic carbocycles. The fourth-order valence-corrected chi connectivity index (χ4v) is 1.57. The van der Waals surface area contributed by atoms with Gasteiger partial charge in [-0.15, -0.1) is 0 Å². The first kappa shape index (κ1) is 11.3. The van der Waals surface area contributed by atoms with E-state index >= 15 is 0 Å². The zero-order chi connectivity index (χ0) is 10.4. The van der Waals surface area contributed by atoms with Crippen molar-refractivity contribution in [2.75, 3.05) is 13.7 Å². The molecule has 1 aromatic rings. The van der Waals surface area contributed by atoms with Crippen LogP contribution in [0.2, 0.25) is 0 Å². The van der Waals surface area contributed by atoms with Gasteiger partial charge in [-0.2, -0.15) is 0 Å². The number of aryl methyl sites for hydroxylation is 1. The van der Waals surface area contributed by atoms with Crippen LogP contribution in [-0.2, 0) is 6.54 Å². The van der Waals surface area contributed by atoms with Gasteiger partial charge < -0.3 is 15.0 Å². The molecule has 2 N–H and O–H groups in total. The monoisotopic (exact) mass is 196 g/mol. The lowest BCUT2D eigenvalue weighted by molar-refractivity contribution is 0.281. The predicted molar refractivity (Wildman–Crippen MR) is 58.2 cm³/mol. The van der Waals surface area contributed by atoms with Gasteiger partial charge in [-0.25, -0.2) is 0 Å². The molecule has 3 nitrogen and oxygen atoms in total. The molecule has 0 amide bonds. The van der Waals surface area contributed by atoms with E-state index in [4.69, 9.17) is 5.11 Å². The highest BCUT2D eigenvalue weighted by atomic mass is 16.2. The average molecular weight is 196 g/mol. The summed E-state index contributed by atoms with van der Waals surface area (Å²) < 4.78 is 2.25. The largest absolute Gasteiger partial charge is 0.396 e. The van der Waals surface area contributed by atoms with Gasteiger partial charge in [-0.05, 0) is 38.9 Å². The molecule has 1 rings (SSSR count). The molecule has 1 heterocycles. The summed E-state index contributed by atoms with van der Waals surface area (Å²) in [5, 5.41) is 11.9. The predicted octanol–water partition coefficient (Wildman–Crippen LogP) is 1.54. The summed E-state index contributed by atoms with van der Waals surface area (Å²) in [7, 11) is 1.97. The minimum atomic E-state index is 0.290. The van der Waals surface area contributed by atoms with Crippen LogP contribution >= 0.6 is 0 Å². The highest BCUT2D eigenvalue weighted by Gasteiger charge is 2.06. The molecule has 0 saturated carbocycles. The number of aromatic nitrogens is 1. The quantitative estimate of drug-likeness (QED) is 0.677. The van der Waals surface area contributed by atoms with Crippen molar-refractivity contribution in [3.8, 4) is 0 Å². The molecule has 0 fully saturated rings. The molecular formula is C11H20N2O. The number of nitrogens with one attached hydrogen (secondary N) is 1. The van der Waals surface area contributed by atoms with Gasteiger partial charge in [0.15, 0.2) is 0 Å². The topological polar surface area (TPSA) is 37.2 Å². The van der Waals surface area contributed by atoms with Gasteiger partial charge in [-0.3, -0.25) is 0 Å². The molecule has 0 aromatic carbocycles. The van der Waals surface area contributed by atoms with Gasteiger partial charge in [0, 0.05) is 31.1 Å². The molecule has 0 spiro atoms. The standard InChI is InChI=1S/C11H20N2O/c1-10(12-2)11-6-5-8-13(11)7-3-4-9-14/h5-6,8,10,12,14H,3-4,7,9H2,1-2H3. The molecule has 80 valence electrons. The van der Waals surface area contributed by atoms with Crippen LogP contribution in [0.15, 0.2) is 18.3 Å². The average Bonchev–Trinajstić information content (AvgIpc) is 2.65. The smallest absolute Gasteiger partial charge is 0.0443 e. The summed E-state index contributed by atoms with van der Waals surface area (Å²) >= 11 is 0. The van der Waals surface area contributed by atoms with Crippen LogP contribution in [0.1, 0.15) is 31.5 Å². The van der Waals surface area contributed by atoms with Crippen molar-refractivity contribution >= 4 is 0 Å². The van der Waals surface area contributed by atoms with Crippen LogP contribution < -0.4 is 5.32 Å². The Morgan fingerprint density at radius 3 is 2.93 bits per heavy atom. The Hall–Kier alpha value is -0.800. The maximum Gasteiger partial charge on any atom is 0.0443 e. The van der Waals surface area contributed by atoms with E-state index in [9.17, 15) is 0 Å². The van der Waals surface area contributed by atoms with Crippen molar-refractivity contribution in [2.45, 2.75) is 32.4 Å². The molecule has 0 aliphatic heterocycles. The number of nitrogens with zero attached hydrogens (tertiary/aromatic N) is 1. The summed E-state index contributed by atoms with van der Waals surface area (Å²) in [5.74, 6) is 0. The molecule has 0 radical (unpaired) electrons. The van der Waals surface area contributed by atoms with Crippen molar-refractivity contribution in [2.24, 2.45) is 0 Å². The van der Waals surface area contributed by atoms with Crippen LogP contribution in [0.25, 0.3) is 0 Å². The van der Waals surface area contributed by atoms with Crippen molar-refractivity contribution in [1.82, 2.24) is 9.88 Å². The first-order valence-corrected chi connectivity index (χ1v) is 5.22. The number of rotatable bonds is 6. The molecule has 1 aromatic heterocycles. The minimum Gasteiger partial charge on any atom is -0.396 e. The summed E-state index contributed by atoms with van der Waals surface area (Å²) in [6.07, 6.45) is 4.01. The Labute approximate surface area is 85.7 Å². The number of unbranched alkanes of at least 4 members (excludes halogenated alkanes) is 1. The lowest BCUT2D eigenvalue weighted by atomic mass is 10.2. The molecular weight excluding hydrogens is 176 g/mol. The Morgan fingerprint density at radius 1 is 1.50 bits per heavy atom. The zero-order valence-corrected chi connectivity index (χ0v) is 9.03. The van der Waals surface area contributed by atoms with E-state index < -0.39 is 0 Å². The third-order valence-corrected chi connectivity index (χ3v) is 2.55. The second-order valence-electron chi connectivity index (χ2n) is 3.57. The third kappa shape index (κ3) is 2.86. The fraction of sp³-hybridized carbons (Fsp3) is 0.636. The molecule has 14 heavy (non-hydrogen) atoms. The van der Waals surface area contributed by atoms with Crippen molar-refractivity contribution in [3.05, 3.63) is 24.0 Å². The number of aliphatic hydroxyl groups is 1. The number of hydrogen-bond donors (Lipinski definition) is 2. The highest BCUT2D eigenvalue weighted by molar-refractivity contribution is 5.11. The third-order valence-electron chi connectivity index (χ3n) is 2.55. The molecule has 1 unspecified atom stereocenters. The maximum absolute atomic E-state index is 8.70. The van der Waals surface area contributed by atoms with E-state index in [1.807, 2.05) is 7.05 Å². The Bertz CT molecular complexity index is 258. The second-order valence-corrected chi connectivity index (χ2v) is 3.57. The molecule has 0 aliphatic rings. The van der Waals surface area contributed by atoms with Crippen LogP contribution in [0.5, 0.6) is 0 Å². The van der Waals surface area contributed by atoms with E-state index in [0.29, 0.717) is 6.04 Å². The van der Waals surface area contributed by atoms with E-state index in [-0.39, 0.29) is 6.61 Å². The van der Waals surface area contributed by atoms with Gasteiger partial charge in [0.25, 0.3) is 0 Å². The van der Waals surface area contributed by atoms with Gasteiger partial charge in [-0.1, -0.05) is 0 Å². The van der Waals surface area contributed by atoms with Crippen molar-refractivity contribution in [1.29, 1.82) is 0 Å². The van der Waals surface area contributed by atoms with E-state index in [2.05, 4.69) is 35.1 Å². The van der Waals surface area contributed by atoms with E-state index in [1.165, 1.54) is 5.69 Å². The summed E-state index contributed by atoms with van der Waals surface area (Å²) in [5.41, 5.74) is 1.31.